The van der Waals surface area contributed by atoms with E-state index >= 15 is 0 Å². The van der Waals surface area contributed by atoms with Crippen molar-refractivity contribution in [2.24, 2.45) is 0 Å². The fourth-order valence-electron chi connectivity index (χ4n) is 3.66. The third-order valence-electron chi connectivity index (χ3n) is 5.08. The third kappa shape index (κ3) is 5.38. The Morgan fingerprint density at radius 3 is 0.800 bits per heavy atom. The van der Waals surface area contributed by atoms with Gasteiger partial charge in [0.2, 0.25) is 0 Å². The molecule has 3 heteroatoms. The van der Waals surface area contributed by atoms with Crippen molar-refractivity contribution in [3.63, 3.8) is 0 Å². The summed E-state index contributed by atoms with van der Waals surface area (Å²) in [6, 6.07) is 26.0. The van der Waals surface area contributed by atoms with Crippen molar-refractivity contribution in [1.29, 1.82) is 0 Å². The second-order valence-corrected chi connectivity index (χ2v) is 7.57. The van der Waals surface area contributed by atoms with Gasteiger partial charge in [-0.1, -0.05) is 54.6 Å². The van der Waals surface area contributed by atoms with Gasteiger partial charge in [0.25, 0.3) is 0 Å². The van der Waals surface area contributed by atoms with E-state index < -0.39 is 0 Å². The smallest absolute Gasteiger partial charge is 0.123 e. The maximum Gasteiger partial charge on any atom is 0.123 e. The van der Waals surface area contributed by atoms with Gasteiger partial charge in [0.05, 0.1) is 0 Å². The summed E-state index contributed by atoms with van der Waals surface area (Å²) >= 11 is 0. The normalized spacial score (nSPS) is 10.9. The van der Waals surface area contributed by atoms with Crippen molar-refractivity contribution in [3.05, 3.63) is 142 Å². The van der Waals surface area contributed by atoms with Gasteiger partial charge < -0.3 is 0 Å². The van der Waals surface area contributed by atoms with Gasteiger partial charge in [-0.05, 0) is 89.0 Å². The molecule has 4 aromatic carbocycles. The van der Waals surface area contributed by atoms with Crippen LogP contribution in [0, 0.1) is 17.5 Å². The predicted octanol–water partition coefficient (Wildman–Crippen LogP) is 6.88. The second-order valence-electron chi connectivity index (χ2n) is 7.57. The van der Waals surface area contributed by atoms with Crippen LogP contribution in [0.2, 0.25) is 0 Å². The average molecular weight is 402 g/mol. The summed E-state index contributed by atoms with van der Waals surface area (Å²) < 4.78 is 39.7. The summed E-state index contributed by atoms with van der Waals surface area (Å²) in [5, 5.41) is 0. The molecule has 4 rings (SSSR count). The molecule has 0 fully saturated rings. The highest BCUT2D eigenvalue weighted by atomic mass is 19.1. The summed E-state index contributed by atoms with van der Waals surface area (Å²) in [5.74, 6) is -0.748. The molecular formula is C27H21F3. The predicted molar refractivity (Wildman–Crippen MR) is 114 cm³/mol. The van der Waals surface area contributed by atoms with Crippen LogP contribution in [0.4, 0.5) is 13.2 Å². The van der Waals surface area contributed by atoms with E-state index in [1.54, 1.807) is 36.4 Å². The van der Waals surface area contributed by atoms with Crippen molar-refractivity contribution >= 4 is 0 Å². The number of hydrogen-bond acceptors (Lipinski definition) is 0. The van der Waals surface area contributed by atoms with Gasteiger partial charge in [0, 0.05) is 0 Å². The molecule has 0 atom stereocenters. The molecular weight excluding hydrogens is 381 g/mol. The topological polar surface area (TPSA) is 0 Å². The van der Waals surface area contributed by atoms with Crippen LogP contribution in [-0.2, 0) is 19.3 Å². The summed E-state index contributed by atoms with van der Waals surface area (Å²) in [7, 11) is 0. The number of benzene rings is 4. The first kappa shape index (κ1) is 20.0. The SMILES string of the molecule is Fc1ccc(Cc2cc(Cc3ccc(F)cc3)cc(Cc3ccc(F)cc3)c2)cc1. The molecule has 0 N–H and O–H groups in total. The van der Waals surface area contributed by atoms with Gasteiger partial charge >= 0.3 is 0 Å². The van der Waals surface area contributed by atoms with E-state index in [-0.39, 0.29) is 17.5 Å². The Morgan fingerprint density at radius 1 is 0.333 bits per heavy atom. The molecule has 0 heterocycles. The first-order valence-electron chi connectivity index (χ1n) is 9.88. The minimum Gasteiger partial charge on any atom is -0.207 e. The zero-order valence-electron chi connectivity index (χ0n) is 16.4. The fraction of sp³-hybridized carbons (Fsp3) is 0.111. The lowest BCUT2D eigenvalue weighted by atomic mass is 9.94. The Hall–Kier alpha value is -3.33. The highest BCUT2D eigenvalue weighted by Gasteiger charge is 2.06. The Kier molecular flexibility index (Phi) is 5.99. The molecule has 0 aliphatic carbocycles. The van der Waals surface area contributed by atoms with E-state index in [4.69, 9.17) is 0 Å². The van der Waals surface area contributed by atoms with Crippen molar-refractivity contribution in [2.75, 3.05) is 0 Å². The van der Waals surface area contributed by atoms with Crippen LogP contribution in [0.15, 0.2) is 91.0 Å². The quantitative estimate of drug-likeness (QED) is 0.330. The highest BCUT2D eigenvalue weighted by Crippen LogP contribution is 2.20. The van der Waals surface area contributed by atoms with Crippen molar-refractivity contribution in [2.45, 2.75) is 19.3 Å². The van der Waals surface area contributed by atoms with Crippen molar-refractivity contribution < 1.29 is 13.2 Å². The molecule has 0 bridgehead atoms. The minimum absolute atomic E-state index is 0.249. The molecule has 0 spiro atoms. The standard InChI is InChI=1S/C27H21F3/c28-25-7-1-19(2-8-25)13-22-16-23(14-20-3-9-26(29)10-4-20)18-24(17-22)15-21-5-11-27(30)12-6-21/h1-12,16-18H,13-15H2. The monoisotopic (exact) mass is 402 g/mol. The zero-order chi connectivity index (χ0) is 20.9. The van der Waals surface area contributed by atoms with E-state index in [1.807, 2.05) is 0 Å². The zero-order valence-corrected chi connectivity index (χ0v) is 16.4. The average Bonchev–Trinajstić information content (AvgIpc) is 2.73. The van der Waals surface area contributed by atoms with Gasteiger partial charge in [-0.15, -0.1) is 0 Å². The Labute approximate surface area is 174 Å². The van der Waals surface area contributed by atoms with E-state index in [9.17, 15) is 13.2 Å². The molecule has 0 amide bonds. The molecule has 0 saturated carbocycles. The van der Waals surface area contributed by atoms with Crippen LogP contribution < -0.4 is 0 Å². The number of rotatable bonds is 6. The molecule has 0 unspecified atom stereocenters. The Morgan fingerprint density at radius 2 is 0.567 bits per heavy atom. The van der Waals surface area contributed by atoms with E-state index in [2.05, 4.69) is 18.2 Å². The van der Waals surface area contributed by atoms with Crippen LogP contribution >= 0.6 is 0 Å². The molecule has 4 aromatic rings. The Balaban J connectivity index is 1.64. The lowest BCUT2D eigenvalue weighted by Gasteiger charge is -2.11. The second kappa shape index (κ2) is 9.00. The molecule has 0 nitrogen and oxygen atoms in total. The van der Waals surface area contributed by atoms with Gasteiger partial charge in [-0.25, -0.2) is 13.2 Å². The molecule has 150 valence electrons. The van der Waals surface area contributed by atoms with Gasteiger partial charge in [-0.3, -0.25) is 0 Å². The van der Waals surface area contributed by atoms with Gasteiger partial charge in [-0.2, -0.15) is 0 Å². The highest BCUT2D eigenvalue weighted by molar-refractivity contribution is 5.39. The first-order valence-corrected chi connectivity index (χ1v) is 9.88. The van der Waals surface area contributed by atoms with Crippen LogP contribution in [0.25, 0.3) is 0 Å². The number of hydrogen-bond donors (Lipinski definition) is 0. The lowest BCUT2D eigenvalue weighted by molar-refractivity contribution is 0.627. The maximum absolute atomic E-state index is 13.2. The lowest BCUT2D eigenvalue weighted by Crippen LogP contribution is -1.98. The molecule has 0 aliphatic heterocycles. The molecule has 0 aromatic heterocycles. The van der Waals surface area contributed by atoms with Crippen molar-refractivity contribution in [1.82, 2.24) is 0 Å². The molecule has 0 radical (unpaired) electrons. The maximum atomic E-state index is 13.2. The summed E-state index contributed by atoms with van der Waals surface area (Å²) in [6.45, 7) is 0. The van der Waals surface area contributed by atoms with Crippen LogP contribution in [0.3, 0.4) is 0 Å². The first-order chi connectivity index (χ1) is 14.5. The van der Waals surface area contributed by atoms with Crippen LogP contribution in [0.1, 0.15) is 33.4 Å². The van der Waals surface area contributed by atoms with Crippen LogP contribution in [0.5, 0.6) is 0 Å². The summed E-state index contributed by atoms with van der Waals surface area (Å²) in [4.78, 5) is 0. The molecule has 30 heavy (non-hydrogen) atoms. The molecule has 0 aliphatic rings. The van der Waals surface area contributed by atoms with Crippen molar-refractivity contribution in [3.8, 4) is 0 Å². The minimum atomic E-state index is -0.249. The fourth-order valence-corrected chi connectivity index (χ4v) is 3.66. The Bertz CT molecular complexity index is 954. The number of halogens is 3. The summed E-state index contributed by atoms with van der Waals surface area (Å²) in [6.07, 6.45) is 2.07. The summed E-state index contributed by atoms with van der Waals surface area (Å²) in [5.41, 5.74) is 6.46. The van der Waals surface area contributed by atoms with E-state index in [0.29, 0.717) is 19.3 Å². The van der Waals surface area contributed by atoms with Gasteiger partial charge in [0.1, 0.15) is 17.5 Å². The van der Waals surface area contributed by atoms with E-state index in [0.717, 1.165) is 33.4 Å². The van der Waals surface area contributed by atoms with E-state index in [1.165, 1.54) is 36.4 Å². The third-order valence-corrected chi connectivity index (χ3v) is 5.08. The molecule has 0 saturated heterocycles. The van der Waals surface area contributed by atoms with Gasteiger partial charge in [0.15, 0.2) is 0 Å². The van der Waals surface area contributed by atoms with Crippen LogP contribution in [-0.4, -0.2) is 0 Å². The largest absolute Gasteiger partial charge is 0.207 e.